The first-order valence-electron chi connectivity index (χ1n) is 11.3. The number of nitrogens with zero attached hydrogens (tertiary/aromatic N) is 3. The lowest BCUT2D eigenvalue weighted by atomic mass is 10.0. The molecule has 0 unspecified atom stereocenters. The van der Waals surface area contributed by atoms with Gasteiger partial charge in [0.1, 0.15) is 6.07 Å². The minimum atomic E-state index is -0.609. The molecule has 3 heterocycles. The van der Waals surface area contributed by atoms with Crippen LogP contribution in [0.1, 0.15) is 28.4 Å². The van der Waals surface area contributed by atoms with Crippen molar-refractivity contribution >= 4 is 51.2 Å². The molecule has 0 fully saturated rings. The lowest BCUT2D eigenvalue weighted by molar-refractivity contribution is 0.582. The third kappa shape index (κ3) is 4.70. The molecule has 0 spiro atoms. The van der Waals surface area contributed by atoms with Crippen molar-refractivity contribution in [2.24, 2.45) is 0 Å². The Kier molecular flexibility index (Phi) is 6.72. The summed E-state index contributed by atoms with van der Waals surface area (Å²) in [5, 5.41) is 17.3. The Morgan fingerprint density at radius 1 is 1.14 bits per heavy atom. The first-order chi connectivity index (χ1) is 17.9. The molecular weight excluding hydrogens is 514 g/mol. The van der Waals surface area contributed by atoms with Crippen molar-refractivity contribution in [1.29, 1.82) is 5.26 Å². The van der Waals surface area contributed by atoms with Gasteiger partial charge in [-0.15, -0.1) is 0 Å². The van der Waals surface area contributed by atoms with Crippen molar-refractivity contribution in [3.05, 3.63) is 98.9 Å². The van der Waals surface area contributed by atoms with Crippen molar-refractivity contribution in [1.82, 2.24) is 26.4 Å². The van der Waals surface area contributed by atoms with E-state index in [2.05, 4.69) is 43.1 Å². The van der Waals surface area contributed by atoms with E-state index in [1.165, 1.54) is 6.20 Å². The monoisotopic (exact) mass is 534 g/mol. The van der Waals surface area contributed by atoms with Crippen LogP contribution in [-0.2, 0) is 0 Å². The van der Waals surface area contributed by atoms with Crippen LogP contribution in [0, 0.1) is 31.0 Å². The van der Waals surface area contributed by atoms with E-state index in [9.17, 15) is 9.65 Å². The van der Waals surface area contributed by atoms with Crippen molar-refractivity contribution < 1.29 is 4.39 Å². The SMILES string of the molecule is Cc1ccc(Nc2c(C#N)cnc3c(Cl)cc(N[C@H](C4=CNNN4)c4cccnc4C)cc23)c(F)c1Cl. The number of nitriles is 1. The molecule has 37 heavy (non-hydrogen) atoms. The van der Waals surface area contributed by atoms with Crippen molar-refractivity contribution in [2.45, 2.75) is 19.9 Å². The van der Waals surface area contributed by atoms with E-state index in [0.29, 0.717) is 32.9 Å². The predicted octanol–water partition coefficient (Wildman–Crippen LogP) is 5.91. The van der Waals surface area contributed by atoms with E-state index in [1.54, 1.807) is 37.5 Å². The molecule has 1 atom stereocenters. The number of rotatable bonds is 6. The molecule has 0 bridgehead atoms. The zero-order valence-electron chi connectivity index (χ0n) is 19.7. The van der Waals surface area contributed by atoms with Crippen molar-refractivity contribution in [3.63, 3.8) is 0 Å². The molecule has 0 saturated heterocycles. The molecule has 2 aromatic heterocycles. The lowest BCUT2D eigenvalue weighted by Crippen LogP contribution is -2.34. The quantitative estimate of drug-likeness (QED) is 0.207. The number of pyridine rings is 2. The summed E-state index contributed by atoms with van der Waals surface area (Å²) in [6, 6.07) is 12.5. The van der Waals surface area contributed by atoms with Crippen LogP contribution in [0.15, 0.2) is 60.7 Å². The Labute approximate surface area is 222 Å². The lowest BCUT2D eigenvalue weighted by Gasteiger charge is -2.23. The Morgan fingerprint density at radius 3 is 2.70 bits per heavy atom. The number of anilines is 3. The first kappa shape index (κ1) is 24.6. The summed E-state index contributed by atoms with van der Waals surface area (Å²) in [5.74, 6) is -0.609. The van der Waals surface area contributed by atoms with Crippen LogP contribution in [-0.4, -0.2) is 9.97 Å². The van der Waals surface area contributed by atoms with E-state index in [0.717, 1.165) is 17.0 Å². The zero-order valence-corrected chi connectivity index (χ0v) is 21.3. The number of aryl methyl sites for hydroxylation is 2. The summed E-state index contributed by atoms with van der Waals surface area (Å²) >= 11 is 12.8. The van der Waals surface area contributed by atoms with Crippen LogP contribution >= 0.6 is 23.2 Å². The smallest absolute Gasteiger partial charge is 0.165 e. The van der Waals surface area contributed by atoms with Gasteiger partial charge < -0.3 is 21.5 Å². The highest BCUT2D eigenvalue weighted by Gasteiger charge is 2.23. The summed E-state index contributed by atoms with van der Waals surface area (Å²) in [5.41, 5.74) is 13.9. The van der Waals surface area contributed by atoms with E-state index in [1.807, 2.05) is 25.1 Å². The van der Waals surface area contributed by atoms with Gasteiger partial charge in [-0.2, -0.15) is 10.8 Å². The predicted molar refractivity (Wildman–Crippen MR) is 144 cm³/mol. The van der Waals surface area contributed by atoms with Gasteiger partial charge in [0.05, 0.1) is 44.2 Å². The van der Waals surface area contributed by atoms with Gasteiger partial charge in [0.25, 0.3) is 0 Å². The number of halogens is 3. The average molecular weight is 535 g/mol. The molecule has 0 amide bonds. The summed E-state index contributed by atoms with van der Waals surface area (Å²) in [6.07, 6.45) is 4.95. The average Bonchev–Trinajstić information content (AvgIpc) is 3.43. The van der Waals surface area contributed by atoms with Gasteiger partial charge in [0, 0.05) is 40.9 Å². The van der Waals surface area contributed by atoms with Gasteiger partial charge in [-0.25, -0.2) is 4.39 Å². The number of fused-ring (bicyclic) bond motifs is 1. The van der Waals surface area contributed by atoms with Crippen molar-refractivity contribution in [3.8, 4) is 6.07 Å². The molecule has 2 aromatic carbocycles. The summed E-state index contributed by atoms with van der Waals surface area (Å²) in [6.45, 7) is 3.65. The highest BCUT2D eigenvalue weighted by Crippen LogP contribution is 2.38. The topological polar surface area (TPSA) is 110 Å². The van der Waals surface area contributed by atoms with Crippen LogP contribution in [0.3, 0.4) is 0 Å². The first-order valence-corrected chi connectivity index (χ1v) is 12.0. The Bertz CT molecular complexity index is 1600. The van der Waals surface area contributed by atoms with Gasteiger partial charge in [0.2, 0.25) is 0 Å². The van der Waals surface area contributed by atoms with Gasteiger partial charge in [-0.1, -0.05) is 35.3 Å². The maximum absolute atomic E-state index is 15.0. The Hall–Kier alpha value is -4.10. The molecule has 186 valence electrons. The molecule has 11 heteroatoms. The number of hydrogen-bond donors (Lipinski definition) is 5. The molecule has 5 rings (SSSR count). The summed E-state index contributed by atoms with van der Waals surface area (Å²) in [4.78, 5) is 8.80. The fourth-order valence-electron chi connectivity index (χ4n) is 4.14. The summed E-state index contributed by atoms with van der Waals surface area (Å²) in [7, 11) is 0. The molecule has 8 nitrogen and oxygen atoms in total. The molecule has 5 N–H and O–H groups in total. The standard InChI is InChI=1S/C26H21Cl2FN8/c1-13-5-6-20(23(29)22(13)28)35-24-15(10-30)11-32-25-18(24)8-16(9-19(25)27)34-26(21-12-33-37-36-21)17-4-3-7-31-14(17)2/h3-9,11-12,26,33-34,36-37H,1-2H3,(H,32,35)/t26-/m0/s1. The molecule has 0 saturated carbocycles. The van der Waals surface area contributed by atoms with Crippen LogP contribution in [0.2, 0.25) is 10.0 Å². The maximum atomic E-state index is 15.0. The molecule has 0 radical (unpaired) electrons. The van der Waals surface area contributed by atoms with Crippen molar-refractivity contribution in [2.75, 3.05) is 10.6 Å². The second kappa shape index (κ2) is 10.1. The third-order valence-electron chi connectivity index (χ3n) is 6.07. The maximum Gasteiger partial charge on any atom is 0.165 e. The van der Waals surface area contributed by atoms with E-state index in [-0.39, 0.29) is 22.3 Å². The number of aromatic nitrogens is 2. The fourth-order valence-corrected chi connectivity index (χ4v) is 4.58. The van der Waals surface area contributed by atoms with Crippen LogP contribution in [0.25, 0.3) is 10.9 Å². The van der Waals surface area contributed by atoms with Crippen LogP contribution in [0.4, 0.5) is 21.5 Å². The number of nitrogens with one attached hydrogen (secondary N) is 5. The largest absolute Gasteiger partial charge is 0.373 e. The second-order valence-corrected chi connectivity index (χ2v) is 9.23. The molecule has 0 aliphatic carbocycles. The minimum absolute atomic E-state index is 0.0106. The molecule has 4 aromatic rings. The summed E-state index contributed by atoms with van der Waals surface area (Å²) < 4.78 is 15.0. The zero-order chi connectivity index (χ0) is 26.1. The van der Waals surface area contributed by atoms with E-state index < -0.39 is 5.82 Å². The van der Waals surface area contributed by atoms with Crippen LogP contribution < -0.4 is 27.0 Å². The molecule has 1 aliphatic rings. The van der Waals surface area contributed by atoms with E-state index >= 15 is 0 Å². The third-order valence-corrected chi connectivity index (χ3v) is 6.82. The Morgan fingerprint density at radius 2 is 1.97 bits per heavy atom. The highest BCUT2D eigenvalue weighted by molar-refractivity contribution is 6.36. The van der Waals surface area contributed by atoms with Gasteiger partial charge in [-0.05, 0) is 43.7 Å². The van der Waals surface area contributed by atoms with Crippen LogP contribution in [0.5, 0.6) is 0 Å². The van der Waals surface area contributed by atoms with Gasteiger partial charge in [-0.3, -0.25) is 9.97 Å². The molecule has 1 aliphatic heterocycles. The number of benzene rings is 2. The highest BCUT2D eigenvalue weighted by atomic mass is 35.5. The minimum Gasteiger partial charge on any atom is -0.373 e. The number of hydrazine groups is 2. The van der Waals surface area contributed by atoms with E-state index in [4.69, 9.17) is 23.2 Å². The molecular formula is C26H21Cl2FN8. The second-order valence-electron chi connectivity index (χ2n) is 8.45. The normalized spacial score (nSPS) is 13.4. The van der Waals surface area contributed by atoms with Gasteiger partial charge >= 0.3 is 0 Å². The Balaban J connectivity index is 1.63. The fraction of sp³-hybridized carbons (Fsp3) is 0.115. The number of hydrogen-bond acceptors (Lipinski definition) is 8. The van der Waals surface area contributed by atoms with Gasteiger partial charge in [0.15, 0.2) is 5.82 Å².